The minimum absolute atomic E-state index is 0. The molecule has 6 N–H and O–H groups in total. The number of ether oxygens (including phenoxy) is 1. The second-order valence-corrected chi connectivity index (χ2v) is 4.13. The highest BCUT2D eigenvalue weighted by Gasteiger charge is 2.47. The summed E-state index contributed by atoms with van der Waals surface area (Å²) in [6, 6.07) is 3.11. The smallest absolute Gasteiger partial charge is 0.292 e. The average molecular weight is 272 g/mol. The first-order chi connectivity index (χ1) is 8.54. The van der Waals surface area contributed by atoms with Crippen LogP contribution in [-0.4, -0.2) is 51.6 Å². The van der Waals surface area contributed by atoms with Crippen LogP contribution < -0.4 is 10.3 Å². The van der Waals surface area contributed by atoms with Gasteiger partial charge in [-0.15, -0.1) is 0 Å². The van der Waals surface area contributed by atoms with E-state index in [0.29, 0.717) is 0 Å². The highest BCUT2D eigenvalue weighted by Crippen LogP contribution is 2.24. The van der Waals surface area contributed by atoms with Crippen molar-refractivity contribution in [1.82, 2.24) is 0 Å². The van der Waals surface area contributed by atoms with Crippen LogP contribution in [0.5, 0.6) is 0 Å². The summed E-state index contributed by atoms with van der Waals surface area (Å²) in [5.41, 5.74) is 5.41. The van der Waals surface area contributed by atoms with Crippen LogP contribution in [0.2, 0.25) is 0 Å². The Morgan fingerprint density at radius 1 is 1.42 bits per heavy atom. The topological polar surface area (TPSA) is 147 Å². The van der Waals surface area contributed by atoms with E-state index >= 15 is 0 Å². The molecule has 0 radical (unpaired) electrons. The Labute approximate surface area is 109 Å². The predicted molar refractivity (Wildman–Crippen MR) is 60.1 cm³/mol. The maximum absolute atomic E-state index is 11.1. The highest BCUT2D eigenvalue weighted by molar-refractivity contribution is 5.92. The third-order valence-corrected chi connectivity index (χ3v) is 2.92. The number of rotatable bonds is 3. The summed E-state index contributed by atoms with van der Waals surface area (Å²) in [7, 11) is 0. The standard InChI is InChI=1S/C11H14N2O5.H2O/c12-10(17)6-2-1-3-13(4-6)11-9(16)8(15)7(5-14)18-11;/h1-4,7-9,11,14-16H,5H2,(H-,12,17);1H2/t7-,8-,9-,11?;/m1./s1. The number of aliphatic hydroxyl groups excluding tert-OH is 3. The lowest BCUT2D eigenvalue weighted by Crippen LogP contribution is -2.46. The molecule has 1 fully saturated rings. The summed E-state index contributed by atoms with van der Waals surface area (Å²) in [5, 5.41) is 28.4. The van der Waals surface area contributed by atoms with E-state index < -0.39 is 37.1 Å². The molecule has 1 aliphatic rings. The molecule has 2 rings (SSSR count). The van der Waals surface area contributed by atoms with Crippen molar-refractivity contribution in [1.29, 1.82) is 0 Å². The Bertz CT molecular complexity index is 455. The zero-order valence-electron chi connectivity index (χ0n) is 9.96. The second-order valence-electron chi connectivity index (χ2n) is 4.13. The van der Waals surface area contributed by atoms with E-state index in [-0.39, 0.29) is 11.0 Å². The van der Waals surface area contributed by atoms with Crippen molar-refractivity contribution in [2.45, 2.75) is 24.5 Å². The van der Waals surface area contributed by atoms with Gasteiger partial charge in [0.1, 0.15) is 17.8 Å². The molecule has 0 aliphatic carbocycles. The number of hydrogen-bond donors (Lipinski definition) is 4. The van der Waals surface area contributed by atoms with Crippen LogP contribution in [-0.2, 0) is 4.74 Å². The molecule has 1 aliphatic heterocycles. The van der Waals surface area contributed by atoms with Crippen molar-refractivity contribution in [2.75, 3.05) is 6.61 Å². The number of carbonyl (C=O) groups excluding carboxylic acids is 1. The van der Waals surface area contributed by atoms with Gasteiger partial charge in [0.05, 0.1) is 6.61 Å². The monoisotopic (exact) mass is 272 g/mol. The van der Waals surface area contributed by atoms with Crippen LogP contribution in [0.25, 0.3) is 0 Å². The molecule has 1 aromatic heterocycles. The van der Waals surface area contributed by atoms with Gasteiger partial charge in [0, 0.05) is 6.07 Å². The van der Waals surface area contributed by atoms with E-state index in [1.807, 2.05) is 0 Å². The quantitative estimate of drug-likeness (QED) is 0.447. The predicted octanol–water partition coefficient (Wildman–Crippen LogP) is -2.49. The normalized spacial score (nSPS) is 29.8. The van der Waals surface area contributed by atoms with Crippen molar-refractivity contribution in [3.8, 4) is 0 Å². The Kier molecular flexibility index (Phi) is 4.92. The molecule has 1 amide bonds. The van der Waals surface area contributed by atoms with Crippen molar-refractivity contribution in [2.24, 2.45) is 5.73 Å². The van der Waals surface area contributed by atoms with Gasteiger partial charge >= 0.3 is 0 Å². The van der Waals surface area contributed by atoms with Crippen molar-refractivity contribution in [3.05, 3.63) is 30.1 Å². The van der Waals surface area contributed by atoms with Crippen molar-refractivity contribution in [3.63, 3.8) is 0 Å². The molecular weight excluding hydrogens is 256 g/mol. The summed E-state index contributed by atoms with van der Waals surface area (Å²) in [6.45, 7) is -0.398. The lowest BCUT2D eigenvalue weighted by Gasteiger charge is -2.09. The van der Waals surface area contributed by atoms with Gasteiger partial charge in [0.15, 0.2) is 18.5 Å². The number of amides is 1. The number of hydrogen-bond acceptors (Lipinski definition) is 6. The Balaban J connectivity index is 0.00000180. The maximum Gasteiger partial charge on any atom is 0.292 e. The van der Waals surface area contributed by atoms with Crippen LogP contribution in [0.3, 0.4) is 0 Å². The third-order valence-electron chi connectivity index (χ3n) is 2.92. The van der Waals surface area contributed by atoms with Crippen LogP contribution >= 0.6 is 0 Å². The minimum Gasteiger partial charge on any atom is -0.870 e. The fraction of sp³-hybridized carbons (Fsp3) is 0.455. The Hall–Kier alpha value is -1.58. The molecule has 19 heavy (non-hydrogen) atoms. The number of aromatic nitrogens is 1. The zero-order chi connectivity index (χ0) is 13.3. The van der Waals surface area contributed by atoms with E-state index in [9.17, 15) is 15.0 Å². The number of carbonyl (C=O) groups is 1. The van der Waals surface area contributed by atoms with Gasteiger partial charge in [-0.25, -0.2) is 0 Å². The number of aliphatic hydroxyl groups is 3. The SMILES string of the molecule is NC(=O)c1ccc[n+](C2O[C@H](CO)[C@@H](O)[C@H]2O)c1.[OH-]. The van der Waals surface area contributed by atoms with Gasteiger partial charge in [-0.05, 0) is 6.07 Å². The average Bonchev–Trinajstić information content (AvgIpc) is 2.66. The molecule has 4 atom stereocenters. The van der Waals surface area contributed by atoms with E-state index in [4.69, 9.17) is 15.6 Å². The van der Waals surface area contributed by atoms with Crippen LogP contribution in [0.4, 0.5) is 0 Å². The van der Waals surface area contributed by atoms with E-state index in [0.717, 1.165) is 0 Å². The van der Waals surface area contributed by atoms with E-state index in [1.165, 1.54) is 16.8 Å². The number of primary amides is 1. The molecular formula is C11H16N2O6. The molecule has 0 spiro atoms. The summed E-state index contributed by atoms with van der Waals surface area (Å²) >= 11 is 0. The van der Waals surface area contributed by atoms with Gasteiger partial charge in [0.2, 0.25) is 0 Å². The van der Waals surface area contributed by atoms with Crippen LogP contribution in [0, 0.1) is 0 Å². The Morgan fingerprint density at radius 2 is 2.11 bits per heavy atom. The first-order valence-electron chi connectivity index (χ1n) is 5.47. The van der Waals surface area contributed by atoms with Crippen molar-refractivity contribution >= 4 is 5.91 Å². The summed E-state index contributed by atoms with van der Waals surface area (Å²) < 4.78 is 6.75. The molecule has 0 aromatic carbocycles. The van der Waals surface area contributed by atoms with Crippen LogP contribution in [0.1, 0.15) is 16.6 Å². The first kappa shape index (κ1) is 15.5. The van der Waals surface area contributed by atoms with Gasteiger partial charge in [0.25, 0.3) is 12.1 Å². The summed E-state index contributed by atoms with van der Waals surface area (Å²) in [4.78, 5) is 11.1. The lowest BCUT2D eigenvalue weighted by atomic mass is 10.1. The zero-order valence-corrected chi connectivity index (χ0v) is 9.96. The lowest BCUT2D eigenvalue weighted by molar-refractivity contribution is -0.765. The number of pyridine rings is 1. The summed E-state index contributed by atoms with van der Waals surface area (Å²) in [5.74, 6) is -0.601. The van der Waals surface area contributed by atoms with Gasteiger partial charge < -0.3 is 31.3 Å². The third kappa shape index (κ3) is 2.88. The van der Waals surface area contributed by atoms with Crippen molar-refractivity contribution < 1.29 is 34.9 Å². The minimum atomic E-state index is -1.18. The van der Waals surface area contributed by atoms with E-state index in [1.54, 1.807) is 12.3 Å². The van der Waals surface area contributed by atoms with Crippen LogP contribution in [0.15, 0.2) is 24.5 Å². The molecule has 1 unspecified atom stereocenters. The summed E-state index contributed by atoms with van der Waals surface area (Å²) in [6.07, 6.45) is -1.08. The van der Waals surface area contributed by atoms with Gasteiger partial charge in [-0.3, -0.25) is 4.79 Å². The molecule has 106 valence electrons. The first-order valence-corrected chi connectivity index (χ1v) is 5.47. The van der Waals surface area contributed by atoms with E-state index in [2.05, 4.69) is 0 Å². The fourth-order valence-corrected chi connectivity index (χ4v) is 1.92. The molecule has 0 bridgehead atoms. The largest absolute Gasteiger partial charge is 0.870 e. The highest BCUT2D eigenvalue weighted by atomic mass is 16.6. The molecule has 1 saturated heterocycles. The Morgan fingerprint density at radius 3 is 2.63 bits per heavy atom. The molecule has 0 saturated carbocycles. The van der Waals surface area contributed by atoms with Gasteiger partial charge in [-0.1, -0.05) is 0 Å². The second kappa shape index (κ2) is 6.04. The maximum atomic E-state index is 11.1. The van der Waals surface area contributed by atoms with Gasteiger partial charge in [-0.2, -0.15) is 4.57 Å². The molecule has 1 aromatic rings. The molecule has 8 nitrogen and oxygen atoms in total. The molecule has 2 heterocycles. The molecule has 8 heteroatoms. The number of nitrogens with zero attached hydrogens (tertiary/aromatic N) is 1. The number of nitrogens with two attached hydrogens (primary N) is 1. The fourth-order valence-electron chi connectivity index (χ4n) is 1.92.